The highest BCUT2D eigenvalue weighted by molar-refractivity contribution is 6.31. The summed E-state index contributed by atoms with van der Waals surface area (Å²) < 4.78 is 5.26. The summed E-state index contributed by atoms with van der Waals surface area (Å²) in [6.45, 7) is 0. The maximum atomic E-state index is 13.4. The van der Waals surface area contributed by atoms with Crippen molar-refractivity contribution in [1.29, 1.82) is 0 Å². The number of carbonyl (C=O) groups excluding carboxylic acids is 1. The van der Waals surface area contributed by atoms with Crippen molar-refractivity contribution in [1.82, 2.24) is 0 Å². The highest BCUT2D eigenvalue weighted by Crippen LogP contribution is 2.43. The van der Waals surface area contributed by atoms with E-state index in [0.717, 1.165) is 5.56 Å². The first-order chi connectivity index (χ1) is 14.8. The second kappa shape index (κ2) is 8.13. The SMILES string of the molecule is COc1ccc(C(=O)O)c(NC2(Cc3cccc(Cl)c3)C(=O)Nc3cc(Cl)ccc32)c1. The van der Waals surface area contributed by atoms with Crippen molar-refractivity contribution in [3.63, 3.8) is 0 Å². The topological polar surface area (TPSA) is 87.7 Å². The van der Waals surface area contributed by atoms with Crippen LogP contribution in [0.1, 0.15) is 21.5 Å². The summed E-state index contributed by atoms with van der Waals surface area (Å²) in [7, 11) is 1.49. The Kier molecular flexibility index (Phi) is 5.52. The van der Waals surface area contributed by atoms with Crippen LogP contribution in [0, 0.1) is 0 Å². The van der Waals surface area contributed by atoms with Crippen LogP contribution in [-0.2, 0) is 16.8 Å². The van der Waals surface area contributed by atoms with Crippen LogP contribution >= 0.6 is 23.2 Å². The molecular weight excluding hydrogens is 439 g/mol. The van der Waals surface area contributed by atoms with E-state index in [2.05, 4.69) is 10.6 Å². The molecule has 1 unspecified atom stereocenters. The highest BCUT2D eigenvalue weighted by atomic mass is 35.5. The van der Waals surface area contributed by atoms with E-state index >= 15 is 0 Å². The minimum Gasteiger partial charge on any atom is -0.497 e. The Morgan fingerprint density at radius 3 is 2.58 bits per heavy atom. The van der Waals surface area contributed by atoms with Crippen molar-refractivity contribution >= 4 is 46.5 Å². The number of benzene rings is 3. The van der Waals surface area contributed by atoms with Crippen molar-refractivity contribution in [3.05, 3.63) is 87.4 Å². The Morgan fingerprint density at radius 1 is 1.10 bits per heavy atom. The predicted molar refractivity (Wildman–Crippen MR) is 120 cm³/mol. The zero-order valence-corrected chi connectivity index (χ0v) is 17.9. The number of amides is 1. The van der Waals surface area contributed by atoms with Gasteiger partial charge in [0.1, 0.15) is 11.3 Å². The van der Waals surface area contributed by atoms with Gasteiger partial charge >= 0.3 is 5.97 Å². The Morgan fingerprint density at radius 2 is 1.87 bits per heavy atom. The fourth-order valence-electron chi connectivity index (χ4n) is 3.81. The van der Waals surface area contributed by atoms with Gasteiger partial charge in [-0.2, -0.15) is 0 Å². The van der Waals surface area contributed by atoms with Gasteiger partial charge in [-0.3, -0.25) is 4.79 Å². The summed E-state index contributed by atoms with van der Waals surface area (Å²) >= 11 is 12.3. The van der Waals surface area contributed by atoms with E-state index in [1.807, 2.05) is 6.07 Å². The van der Waals surface area contributed by atoms with Crippen LogP contribution in [0.4, 0.5) is 11.4 Å². The van der Waals surface area contributed by atoms with Crippen LogP contribution in [0.3, 0.4) is 0 Å². The van der Waals surface area contributed by atoms with Gasteiger partial charge in [-0.25, -0.2) is 4.79 Å². The molecule has 1 amide bonds. The molecule has 0 bridgehead atoms. The Hall–Kier alpha value is -3.22. The van der Waals surface area contributed by atoms with Crippen LogP contribution in [-0.4, -0.2) is 24.1 Å². The van der Waals surface area contributed by atoms with Gasteiger partial charge in [0.15, 0.2) is 0 Å². The molecule has 3 aromatic carbocycles. The molecule has 1 heterocycles. The molecule has 1 aliphatic rings. The van der Waals surface area contributed by atoms with Crippen molar-refractivity contribution in [2.45, 2.75) is 12.0 Å². The van der Waals surface area contributed by atoms with Crippen LogP contribution in [0.25, 0.3) is 0 Å². The number of carboxylic acid groups (broad SMARTS) is 1. The van der Waals surface area contributed by atoms with Crippen molar-refractivity contribution in [2.24, 2.45) is 0 Å². The molecule has 0 aliphatic carbocycles. The highest BCUT2D eigenvalue weighted by Gasteiger charge is 2.47. The van der Waals surface area contributed by atoms with Gasteiger partial charge in [0, 0.05) is 33.8 Å². The molecule has 3 aromatic rings. The summed E-state index contributed by atoms with van der Waals surface area (Å²) in [5.41, 5.74) is 1.00. The van der Waals surface area contributed by atoms with Crippen molar-refractivity contribution < 1.29 is 19.4 Å². The van der Waals surface area contributed by atoms with Crippen LogP contribution in [0.2, 0.25) is 10.0 Å². The Bertz CT molecular complexity index is 1200. The van der Waals surface area contributed by atoms with E-state index in [4.69, 9.17) is 27.9 Å². The smallest absolute Gasteiger partial charge is 0.337 e. The first-order valence-electron chi connectivity index (χ1n) is 9.38. The Labute approximate surface area is 188 Å². The molecule has 8 heteroatoms. The minimum atomic E-state index is -1.29. The first-order valence-corrected chi connectivity index (χ1v) is 10.1. The second-order valence-electron chi connectivity index (χ2n) is 7.20. The molecule has 0 spiro atoms. The summed E-state index contributed by atoms with van der Waals surface area (Å²) in [4.78, 5) is 25.2. The molecule has 0 saturated carbocycles. The van der Waals surface area contributed by atoms with Gasteiger partial charge in [0.2, 0.25) is 0 Å². The van der Waals surface area contributed by atoms with Crippen molar-refractivity contribution in [3.8, 4) is 5.75 Å². The third-order valence-electron chi connectivity index (χ3n) is 5.24. The number of hydrogen-bond acceptors (Lipinski definition) is 4. The number of hydrogen-bond donors (Lipinski definition) is 3. The summed E-state index contributed by atoms with van der Waals surface area (Å²) in [5.74, 6) is -0.998. The molecule has 158 valence electrons. The molecule has 31 heavy (non-hydrogen) atoms. The third kappa shape index (κ3) is 3.92. The minimum absolute atomic E-state index is 0.0153. The average molecular weight is 457 g/mol. The number of nitrogens with one attached hydrogen (secondary N) is 2. The third-order valence-corrected chi connectivity index (χ3v) is 5.71. The first kappa shape index (κ1) is 21.0. The lowest BCUT2D eigenvalue weighted by molar-refractivity contribution is -0.119. The standard InChI is InChI=1S/C23H18Cl2N2O4/c1-31-16-6-7-17(21(28)29)19(11-16)27-23(12-13-3-2-4-14(24)9-13)18-8-5-15(25)10-20(18)26-22(23)30/h2-11,27H,12H2,1H3,(H,26,30)(H,28,29). The van der Waals surface area contributed by atoms with E-state index < -0.39 is 11.5 Å². The van der Waals surface area contributed by atoms with Crippen molar-refractivity contribution in [2.75, 3.05) is 17.7 Å². The number of anilines is 2. The molecule has 0 saturated heterocycles. The van der Waals surface area contributed by atoms with Gasteiger partial charge in [0.05, 0.1) is 18.4 Å². The largest absolute Gasteiger partial charge is 0.497 e. The Balaban J connectivity index is 1.89. The number of aromatic carboxylic acids is 1. The fraction of sp³-hybridized carbons (Fsp3) is 0.130. The monoisotopic (exact) mass is 456 g/mol. The molecule has 1 atom stereocenters. The zero-order chi connectivity index (χ0) is 22.2. The number of methoxy groups -OCH3 is 1. The molecule has 3 N–H and O–H groups in total. The summed E-state index contributed by atoms with van der Waals surface area (Å²) in [5, 5.41) is 16.8. The molecule has 6 nitrogen and oxygen atoms in total. The number of ether oxygens (including phenoxy) is 1. The van der Waals surface area contributed by atoms with E-state index in [9.17, 15) is 14.7 Å². The van der Waals surface area contributed by atoms with Crippen LogP contribution < -0.4 is 15.4 Å². The van der Waals surface area contributed by atoms with E-state index in [1.54, 1.807) is 48.5 Å². The maximum Gasteiger partial charge on any atom is 0.337 e. The number of rotatable bonds is 6. The molecule has 4 rings (SSSR count). The van der Waals surface area contributed by atoms with Crippen LogP contribution in [0.5, 0.6) is 5.75 Å². The zero-order valence-electron chi connectivity index (χ0n) is 16.4. The van der Waals surface area contributed by atoms with Crippen LogP contribution in [0.15, 0.2) is 60.7 Å². The number of halogens is 2. The lowest BCUT2D eigenvalue weighted by atomic mass is 9.84. The number of fused-ring (bicyclic) bond motifs is 1. The second-order valence-corrected chi connectivity index (χ2v) is 8.07. The summed E-state index contributed by atoms with van der Waals surface area (Å²) in [6, 6.07) is 16.9. The predicted octanol–water partition coefficient (Wildman–Crippen LogP) is 5.20. The lowest BCUT2D eigenvalue weighted by Gasteiger charge is -2.31. The molecule has 0 radical (unpaired) electrons. The molecule has 1 aliphatic heterocycles. The van der Waals surface area contributed by atoms with Gasteiger partial charge in [-0.1, -0.05) is 41.4 Å². The summed E-state index contributed by atoms with van der Waals surface area (Å²) in [6.07, 6.45) is 0.226. The average Bonchev–Trinajstić information content (AvgIpc) is 2.98. The van der Waals surface area contributed by atoms with Gasteiger partial charge in [-0.15, -0.1) is 0 Å². The molecule has 0 fully saturated rings. The molecular formula is C23H18Cl2N2O4. The normalized spacial score (nSPS) is 17.1. The quantitative estimate of drug-likeness (QED) is 0.474. The van der Waals surface area contributed by atoms with E-state index in [-0.39, 0.29) is 23.6 Å². The lowest BCUT2D eigenvalue weighted by Crippen LogP contribution is -2.44. The number of carboxylic acids is 1. The van der Waals surface area contributed by atoms with Gasteiger partial charge in [0.25, 0.3) is 5.91 Å². The number of carbonyl (C=O) groups is 2. The van der Waals surface area contributed by atoms with Gasteiger partial charge < -0.3 is 20.5 Å². The fourth-order valence-corrected chi connectivity index (χ4v) is 4.20. The van der Waals surface area contributed by atoms with E-state index in [0.29, 0.717) is 27.0 Å². The maximum absolute atomic E-state index is 13.4. The molecule has 0 aromatic heterocycles. The van der Waals surface area contributed by atoms with E-state index in [1.165, 1.54) is 13.2 Å². The van der Waals surface area contributed by atoms with Gasteiger partial charge in [-0.05, 0) is 42.0 Å².